The first-order chi connectivity index (χ1) is 22.4. The van der Waals surface area contributed by atoms with E-state index >= 15 is 0 Å². The third kappa shape index (κ3) is 4.03. The SMILES string of the molecule is COc1cc(=O)c2c(=O)c3c(c(=O)c=2c1=O)=C(O)[C@]1(CCc2c1c(O)c1c(=O)[nH]c(/C=N/OCc4cccc(F)c4)cc1c2Br)C=3O. The second-order valence-electron chi connectivity index (χ2n) is 11.2. The maximum Gasteiger partial charge on any atom is 0.260 e. The van der Waals surface area contributed by atoms with Gasteiger partial charge in [0.25, 0.3) is 5.56 Å². The molecule has 0 unspecified atom stereocenters. The van der Waals surface area contributed by atoms with Crippen molar-refractivity contribution in [1.29, 1.82) is 0 Å². The average molecular weight is 703 g/mol. The van der Waals surface area contributed by atoms with Crippen molar-refractivity contribution in [2.75, 3.05) is 7.11 Å². The number of fused-ring (bicyclic) bond motifs is 4. The van der Waals surface area contributed by atoms with Crippen LogP contribution in [-0.4, -0.2) is 33.6 Å². The molecule has 1 spiro atoms. The molecule has 4 aliphatic rings. The van der Waals surface area contributed by atoms with Gasteiger partial charge in [0, 0.05) is 21.5 Å². The number of pyridine rings is 1. The van der Waals surface area contributed by atoms with Gasteiger partial charge in [-0.3, -0.25) is 24.0 Å². The van der Waals surface area contributed by atoms with E-state index in [9.17, 15) is 43.7 Å². The standard InChI is InChI=1S/C33H20BrFN2O10/c1-46-18-9-17(38)20-21(26(18)39)28(41)23-22(27(20)40)30(43)33(31(23)44)6-5-15-24(33)29(42)19-16(25(15)34)8-14(37-32(19)45)10-36-47-11-12-3-2-4-13(35)7-12/h2-4,7-10,42-44H,5-6,11H2,1H3,(H,37,45)/b36-10+/t33-/m0/s1. The van der Waals surface area contributed by atoms with Crippen molar-refractivity contribution in [3.05, 3.63) is 141 Å². The minimum Gasteiger partial charge on any atom is -0.510 e. The highest BCUT2D eigenvalue weighted by atomic mass is 79.9. The molecular weight excluding hydrogens is 683 g/mol. The predicted molar refractivity (Wildman–Crippen MR) is 170 cm³/mol. The number of aromatic amines is 1. The third-order valence-electron chi connectivity index (χ3n) is 8.76. The number of methoxy groups -OCH3 is 1. The number of aromatic nitrogens is 1. The lowest BCUT2D eigenvalue weighted by Gasteiger charge is -2.27. The highest BCUT2D eigenvalue weighted by Gasteiger charge is 2.53. The quantitative estimate of drug-likeness (QED) is 0.152. The van der Waals surface area contributed by atoms with Crippen molar-refractivity contribution in [1.82, 2.24) is 4.98 Å². The van der Waals surface area contributed by atoms with E-state index in [1.807, 2.05) is 0 Å². The van der Waals surface area contributed by atoms with E-state index in [1.165, 1.54) is 30.5 Å². The average Bonchev–Trinajstić information content (AvgIpc) is 3.55. The lowest BCUT2D eigenvalue weighted by molar-refractivity contribution is 0.132. The van der Waals surface area contributed by atoms with Crippen LogP contribution in [0.15, 0.2) is 70.0 Å². The van der Waals surface area contributed by atoms with Gasteiger partial charge in [-0.15, -0.1) is 0 Å². The van der Waals surface area contributed by atoms with Gasteiger partial charge in [-0.2, -0.15) is 0 Å². The maximum atomic E-state index is 13.7. The van der Waals surface area contributed by atoms with Crippen molar-refractivity contribution >= 4 is 44.4 Å². The minimum atomic E-state index is -2.04. The summed E-state index contributed by atoms with van der Waals surface area (Å²) in [6, 6.07) is 8.00. The Morgan fingerprint density at radius 3 is 2.36 bits per heavy atom. The number of rotatable bonds is 5. The van der Waals surface area contributed by atoms with Crippen LogP contribution in [0.3, 0.4) is 0 Å². The first kappa shape index (κ1) is 30.0. The molecule has 12 nitrogen and oxygen atoms in total. The van der Waals surface area contributed by atoms with Crippen molar-refractivity contribution in [2.45, 2.75) is 24.9 Å². The number of hydrogen-bond acceptors (Lipinski definition) is 11. The Morgan fingerprint density at radius 1 is 0.979 bits per heavy atom. The van der Waals surface area contributed by atoms with Gasteiger partial charge in [0.05, 0.1) is 45.3 Å². The normalized spacial score (nSPS) is 16.9. The predicted octanol–water partition coefficient (Wildman–Crippen LogP) is 0.966. The number of phenols is 1. The summed E-state index contributed by atoms with van der Waals surface area (Å²) < 4.78 is 18.6. The zero-order valence-electron chi connectivity index (χ0n) is 24.1. The van der Waals surface area contributed by atoms with Crippen molar-refractivity contribution in [3.63, 3.8) is 0 Å². The van der Waals surface area contributed by atoms with E-state index < -0.39 is 82.4 Å². The number of halogens is 2. The number of hydrogen-bond donors (Lipinski definition) is 4. The van der Waals surface area contributed by atoms with E-state index in [0.29, 0.717) is 15.6 Å². The molecule has 3 aromatic rings. The van der Waals surface area contributed by atoms with Gasteiger partial charge in [0.15, 0.2) is 11.2 Å². The fourth-order valence-electron chi connectivity index (χ4n) is 6.71. The van der Waals surface area contributed by atoms with E-state index in [2.05, 4.69) is 26.1 Å². The summed E-state index contributed by atoms with van der Waals surface area (Å²) in [5, 5.41) is 35.8. The molecule has 1 atom stereocenters. The first-order valence-electron chi connectivity index (χ1n) is 14.0. The van der Waals surface area contributed by atoms with E-state index in [1.54, 1.807) is 6.07 Å². The molecule has 1 heterocycles. The molecule has 2 aromatic carbocycles. The molecular formula is C33H20BrFN2O10. The number of benzene rings is 2. The fraction of sp³-hybridized carbons (Fsp3) is 0.152. The van der Waals surface area contributed by atoms with Crippen LogP contribution in [0.4, 0.5) is 4.39 Å². The maximum absolute atomic E-state index is 13.7. The molecule has 0 bridgehead atoms. The number of ether oxygens (including phenoxy) is 1. The molecule has 1 aromatic heterocycles. The zero-order valence-corrected chi connectivity index (χ0v) is 25.7. The smallest absolute Gasteiger partial charge is 0.260 e. The summed E-state index contributed by atoms with van der Waals surface area (Å²) in [5.41, 5.74) is -6.20. The van der Waals surface area contributed by atoms with E-state index in [0.717, 1.165) is 13.2 Å². The highest BCUT2D eigenvalue weighted by molar-refractivity contribution is 9.10. The number of aliphatic hydroxyl groups excluding tert-OH is 2. The van der Waals surface area contributed by atoms with Crippen molar-refractivity contribution < 1.29 is 29.3 Å². The number of aliphatic hydroxyl groups is 2. The summed E-state index contributed by atoms with van der Waals surface area (Å²) >= 11 is 3.48. The fourth-order valence-corrected chi connectivity index (χ4v) is 7.42. The van der Waals surface area contributed by atoms with Gasteiger partial charge in [-0.05, 0) is 58.1 Å². The largest absolute Gasteiger partial charge is 0.510 e. The molecule has 0 saturated carbocycles. The zero-order chi connectivity index (χ0) is 33.5. The van der Waals surface area contributed by atoms with Crippen LogP contribution in [0.25, 0.3) is 22.3 Å². The van der Waals surface area contributed by atoms with Gasteiger partial charge in [0.2, 0.25) is 16.3 Å². The second-order valence-corrected chi connectivity index (χ2v) is 12.0. The minimum absolute atomic E-state index is 0.0416. The Labute approximate surface area is 268 Å². The molecule has 7 rings (SSSR count). The number of nitrogens with zero attached hydrogens (tertiary/aromatic N) is 1. The number of aromatic hydroxyl groups is 1. The number of nitrogens with one attached hydrogen (secondary N) is 1. The van der Waals surface area contributed by atoms with Gasteiger partial charge in [0.1, 0.15) is 35.1 Å². The first-order valence-corrected chi connectivity index (χ1v) is 14.8. The van der Waals surface area contributed by atoms with Gasteiger partial charge in [-0.1, -0.05) is 17.3 Å². The van der Waals surface area contributed by atoms with Crippen molar-refractivity contribution in [2.24, 2.45) is 5.16 Å². The third-order valence-corrected chi connectivity index (χ3v) is 9.67. The van der Waals surface area contributed by atoms with E-state index in [4.69, 9.17) is 9.57 Å². The Morgan fingerprint density at radius 2 is 1.68 bits per heavy atom. The molecule has 47 heavy (non-hydrogen) atoms. The van der Waals surface area contributed by atoms with Crippen LogP contribution in [0.2, 0.25) is 0 Å². The summed E-state index contributed by atoms with van der Waals surface area (Å²) in [4.78, 5) is 74.2. The Kier molecular flexibility index (Phi) is 6.68. The Bertz CT molecular complexity index is 2750. The summed E-state index contributed by atoms with van der Waals surface area (Å²) in [7, 11) is 1.11. The van der Waals surface area contributed by atoms with Gasteiger partial charge >= 0.3 is 0 Å². The molecule has 236 valence electrons. The molecule has 4 aliphatic carbocycles. The van der Waals surface area contributed by atoms with E-state index in [-0.39, 0.29) is 41.5 Å². The van der Waals surface area contributed by atoms with Crippen molar-refractivity contribution in [3.8, 4) is 11.5 Å². The summed E-state index contributed by atoms with van der Waals surface area (Å²) in [5.74, 6) is -3.14. The second kappa shape index (κ2) is 10.5. The van der Waals surface area contributed by atoms with Gasteiger partial charge in [-0.25, -0.2) is 4.39 Å². The molecule has 4 N–H and O–H groups in total. The molecule has 0 radical (unpaired) electrons. The van der Waals surface area contributed by atoms with Crippen LogP contribution in [-0.2, 0) is 23.3 Å². The van der Waals surface area contributed by atoms with Crippen LogP contribution in [0.1, 0.15) is 28.8 Å². The lowest BCUT2D eigenvalue weighted by atomic mass is 9.78. The summed E-state index contributed by atoms with van der Waals surface area (Å²) in [6.45, 7) is -0.0416. The Hall–Kier alpha value is -5.63. The topological polar surface area (TPSA) is 193 Å². The number of H-pyrrole nitrogens is 1. The molecule has 0 aliphatic heterocycles. The van der Waals surface area contributed by atoms with Crippen LogP contribution >= 0.6 is 15.9 Å². The van der Waals surface area contributed by atoms with Crippen LogP contribution in [0, 0.1) is 16.3 Å². The van der Waals surface area contributed by atoms with Crippen LogP contribution in [0.5, 0.6) is 11.5 Å². The number of phenolic OH excluding ortho intramolecular Hbond substituents is 1. The highest BCUT2D eigenvalue weighted by Crippen LogP contribution is 2.56. The molecule has 14 heteroatoms. The summed E-state index contributed by atoms with van der Waals surface area (Å²) in [6.07, 6.45) is 1.15. The molecule has 0 saturated heterocycles. The number of oxime groups is 1. The monoisotopic (exact) mass is 702 g/mol. The van der Waals surface area contributed by atoms with Crippen LogP contribution < -0.4 is 42.4 Å². The molecule has 0 fully saturated rings. The lowest BCUT2D eigenvalue weighted by Crippen LogP contribution is -2.51. The Balaban J connectivity index is 1.42. The molecule has 0 amide bonds. The van der Waals surface area contributed by atoms with Gasteiger partial charge < -0.3 is 29.9 Å².